The van der Waals surface area contributed by atoms with Crippen LogP contribution in [0.2, 0.25) is 0 Å². The Hall–Kier alpha value is -0.870. The van der Waals surface area contributed by atoms with E-state index in [1.165, 1.54) is 0 Å². The predicted octanol–water partition coefficient (Wildman–Crippen LogP) is 1.17. The highest BCUT2D eigenvalue weighted by Gasteiger charge is 2.33. The van der Waals surface area contributed by atoms with Crippen LogP contribution in [0.4, 0.5) is 13.2 Å². The van der Waals surface area contributed by atoms with E-state index in [2.05, 4.69) is 0 Å². The highest BCUT2D eigenvalue weighted by atomic mass is 19.4. The maximum absolute atomic E-state index is 11.4. The fourth-order valence-corrected chi connectivity index (χ4v) is 0.279. The molecule has 0 spiro atoms. The number of alkyl halides is 3. The molecule has 0 unspecified atom stereocenters. The molecule has 0 amide bonds. The molecule has 0 rings (SSSR count). The fraction of sp³-hybridized carbons (Fsp3) is 0.500. The van der Waals surface area contributed by atoms with Crippen molar-refractivity contribution in [1.29, 1.82) is 0 Å². The van der Waals surface area contributed by atoms with Gasteiger partial charge in [-0.05, 0) is 0 Å². The number of rotatable bonds is 1. The third-order valence-electron chi connectivity index (χ3n) is 0.704. The number of allylic oxidation sites excluding steroid dienone is 1. The molecule has 0 aromatic rings. The van der Waals surface area contributed by atoms with Crippen LogP contribution in [0.1, 0.15) is 0 Å². The van der Waals surface area contributed by atoms with Crippen LogP contribution < -0.4 is 5.32 Å². The lowest BCUT2D eigenvalue weighted by Crippen LogP contribution is -2.22. The summed E-state index contributed by atoms with van der Waals surface area (Å²) in [6, 6.07) is 0. The van der Waals surface area contributed by atoms with Gasteiger partial charge in [-0.2, -0.15) is 13.2 Å². The molecule has 0 saturated carbocycles. The van der Waals surface area contributed by atoms with Gasteiger partial charge in [-0.1, -0.05) is 0 Å². The van der Waals surface area contributed by atoms with Gasteiger partial charge in [0.15, 0.2) is 5.70 Å². The summed E-state index contributed by atoms with van der Waals surface area (Å²) in [5.41, 5.74) is -1.15. The van der Waals surface area contributed by atoms with Crippen molar-refractivity contribution in [2.45, 2.75) is 6.18 Å². The Morgan fingerprint density at radius 1 is 1.56 bits per heavy atom. The molecule has 0 aromatic carbocycles. The van der Waals surface area contributed by atoms with Gasteiger partial charge in [-0.25, -0.2) is 0 Å². The standard InChI is InChI=1S/C4H6F3NO/c1-8-3(2-9)4(5,6)7/h2,8-9H,1H3/b3-2-. The molecule has 2 nitrogen and oxygen atoms in total. The maximum Gasteiger partial charge on any atom is 0.433 e. The Morgan fingerprint density at radius 3 is 2.00 bits per heavy atom. The maximum atomic E-state index is 11.4. The van der Waals surface area contributed by atoms with Gasteiger partial charge in [-0.15, -0.1) is 0 Å². The zero-order valence-electron chi connectivity index (χ0n) is 4.66. The van der Waals surface area contributed by atoms with Gasteiger partial charge in [-0.3, -0.25) is 0 Å². The summed E-state index contributed by atoms with van der Waals surface area (Å²) < 4.78 is 34.3. The molecule has 0 saturated heterocycles. The van der Waals surface area contributed by atoms with Crippen LogP contribution in [0.25, 0.3) is 0 Å². The first-order chi connectivity index (χ1) is 4.02. The van der Waals surface area contributed by atoms with E-state index in [1.54, 1.807) is 5.32 Å². The SMILES string of the molecule is CN/C(=C\O)C(F)(F)F. The van der Waals surface area contributed by atoms with E-state index >= 15 is 0 Å². The largest absolute Gasteiger partial charge is 0.513 e. The first-order valence-electron chi connectivity index (χ1n) is 2.11. The number of aliphatic hydroxyl groups is 1. The Kier molecular flexibility index (Phi) is 2.36. The highest BCUT2D eigenvalue weighted by Crippen LogP contribution is 2.21. The first-order valence-corrected chi connectivity index (χ1v) is 2.11. The van der Waals surface area contributed by atoms with Gasteiger partial charge in [0, 0.05) is 7.05 Å². The van der Waals surface area contributed by atoms with Gasteiger partial charge in [0.2, 0.25) is 0 Å². The van der Waals surface area contributed by atoms with Gasteiger partial charge in [0.05, 0.1) is 0 Å². The molecule has 5 heteroatoms. The lowest BCUT2D eigenvalue weighted by Gasteiger charge is -2.07. The monoisotopic (exact) mass is 141 g/mol. The number of hydrogen-bond donors (Lipinski definition) is 2. The van der Waals surface area contributed by atoms with Crippen molar-refractivity contribution in [2.24, 2.45) is 0 Å². The fourth-order valence-electron chi connectivity index (χ4n) is 0.279. The van der Waals surface area contributed by atoms with E-state index in [1.807, 2.05) is 0 Å². The molecule has 0 aliphatic carbocycles. The average Bonchev–Trinajstić information content (AvgIpc) is 1.65. The van der Waals surface area contributed by atoms with E-state index < -0.39 is 11.9 Å². The lowest BCUT2D eigenvalue weighted by molar-refractivity contribution is -0.0976. The predicted molar refractivity (Wildman–Crippen MR) is 25.8 cm³/mol. The van der Waals surface area contributed by atoms with E-state index in [0.717, 1.165) is 7.05 Å². The van der Waals surface area contributed by atoms with Crippen LogP contribution in [-0.4, -0.2) is 18.3 Å². The average molecular weight is 141 g/mol. The Balaban J connectivity index is 4.14. The summed E-state index contributed by atoms with van der Waals surface area (Å²) in [5.74, 6) is 0. The number of aliphatic hydroxyl groups excluding tert-OH is 1. The van der Waals surface area contributed by atoms with Crippen molar-refractivity contribution in [2.75, 3.05) is 7.05 Å². The van der Waals surface area contributed by atoms with Gasteiger partial charge < -0.3 is 10.4 Å². The topological polar surface area (TPSA) is 32.3 Å². The second kappa shape index (κ2) is 2.61. The second-order valence-electron chi connectivity index (χ2n) is 1.29. The van der Waals surface area contributed by atoms with E-state index in [0.29, 0.717) is 0 Å². The third kappa shape index (κ3) is 2.25. The molecular formula is C4H6F3NO. The number of hydrogen-bond acceptors (Lipinski definition) is 2. The van der Waals surface area contributed by atoms with Crippen molar-refractivity contribution in [3.8, 4) is 0 Å². The number of nitrogens with one attached hydrogen (secondary N) is 1. The van der Waals surface area contributed by atoms with Crippen molar-refractivity contribution < 1.29 is 18.3 Å². The molecule has 0 atom stereocenters. The second-order valence-corrected chi connectivity index (χ2v) is 1.29. The van der Waals surface area contributed by atoms with Crippen molar-refractivity contribution in [1.82, 2.24) is 5.32 Å². The van der Waals surface area contributed by atoms with E-state index in [4.69, 9.17) is 5.11 Å². The zero-order valence-corrected chi connectivity index (χ0v) is 4.66. The minimum atomic E-state index is -4.48. The first kappa shape index (κ1) is 8.13. The summed E-state index contributed by atoms with van der Waals surface area (Å²) in [7, 11) is 1.08. The smallest absolute Gasteiger partial charge is 0.433 e. The highest BCUT2D eigenvalue weighted by molar-refractivity contribution is 5.00. The van der Waals surface area contributed by atoms with Crippen LogP contribution >= 0.6 is 0 Å². The van der Waals surface area contributed by atoms with Crippen LogP contribution in [0.3, 0.4) is 0 Å². The summed E-state index contributed by atoms with van der Waals surface area (Å²) >= 11 is 0. The van der Waals surface area contributed by atoms with E-state index in [9.17, 15) is 13.2 Å². The molecule has 0 heterocycles. The minimum Gasteiger partial charge on any atom is -0.513 e. The summed E-state index contributed by atoms with van der Waals surface area (Å²) in [4.78, 5) is 0. The molecular weight excluding hydrogens is 135 g/mol. The Bertz CT molecular complexity index is 117. The molecule has 0 fully saturated rings. The van der Waals surface area contributed by atoms with Gasteiger partial charge in [0.1, 0.15) is 6.26 Å². The molecule has 9 heavy (non-hydrogen) atoms. The normalized spacial score (nSPS) is 13.6. The van der Waals surface area contributed by atoms with Crippen molar-refractivity contribution in [3.63, 3.8) is 0 Å². The van der Waals surface area contributed by atoms with Crippen molar-refractivity contribution in [3.05, 3.63) is 12.0 Å². The lowest BCUT2D eigenvalue weighted by atomic mass is 10.5. The molecule has 0 aliphatic heterocycles. The molecule has 54 valence electrons. The van der Waals surface area contributed by atoms with Crippen LogP contribution in [-0.2, 0) is 0 Å². The minimum absolute atomic E-state index is 0.0139. The van der Waals surface area contributed by atoms with Crippen LogP contribution in [0, 0.1) is 0 Å². The van der Waals surface area contributed by atoms with Crippen LogP contribution in [0.5, 0.6) is 0 Å². The molecule has 0 radical (unpaired) electrons. The Morgan fingerprint density at radius 2 is 2.00 bits per heavy atom. The summed E-state index contributed by atoms with van der Waals surface area (Å²) in [6.45, 7) is 0. The van der Waals surface area contributed by atoms with Crippen molar-refractivity contribution >= 4 is 0 Å². The third-order valence-corrected chi connectivity index (χ3v) is 0.704. The number of halogens is 3. The van der Waals surface area contributed by atoms with Gasteiger partial charge >= 0.3 is 6.18 Å². The molecule has 0 aliphatic rings. The van der Waals surface area contributed by atoms with E-state index in [-0.39, 0.29) is 6.26 Å². The quantitative estimate of drug-likeness (QED) is 0.537. The molecule has 0 bridgehead atoms. The van der Waals surface area contributed by atoms with Gasteiger partial charge in [0.25, 0.3) is 0 Å². The summed E-state index contributed by atoms with van der Waals surface area (Å²) in [6.07, 6.45) is -4.50. The summed E-state index contributed by atoms with van der Waals surface area (Å²) in [5, 5.41) is 9.69. The molecule has 0 aromatic heterocycles. The van der Waals surface area contributed by atoms with Crippen LogP contribution in [0.15, 0.2) is 12.0 Å². The molecule has 2 N–H and O–H groups in total. The Labute approximate surface area is 50.0 Å². The zero-order chi connectivity index (χ0) is 7.49.